The maximum Gasteiger partial charge on any atom is 0.407 e. The van der Waals surface area contributed by atoms with Crippen LogP contribution in [0.2, 0.25) is 0 Å². The van der Waals surface area contributed by atoms with Crippen LogP contribution in [-0.4, -0.2) is 56.7 Å². The molecule has 4 rings (SSSR count). The number of amides is 3. The number of ether oxygens (including phenoxy) is 1. The van der Waals surface area contributed by atoms with Gasteiger partial charge in [0.05, 0.1) is 11.9 Å². The molecule has 3 aromatic carbocycles. The number of aryl methyl sites for hydroxylation is 1. The number of aliphatic hydroxyl groups excluding tert-OH is 1. The Kier molecular flexibility index (Phi) is 11.0. The minimum absolute atomic E-state index is 0.00772. The number of thioether (sulfide) groups is 1. The number of hydrogen-bond donors (Lipinski definition) is 3. The van der Waals surface area contributed by atoms with Gasteiger partial charge in [0.15, 0.2) is 6.10 Å². The van der Waals surface area contributed by atoms with E-state index in [0.29, 0.717) is 6.54 Å². The third-order valence-electron chi connectivity index (χ3n) is 8.22. The Bertz CT molecular complexity index is 1470. The summed E-state index contributed by atoms with van der Waals surface area (Å²) < 4.78 is 4.91. The molecule has 0 unspecified atom stereocenters. The highest BCUT2D eigenvalue weighted by Crippen LogP contribution is 2.40. The van der Waals surface area contributed by atoms with Crippen LogP contribution in [0, 0.1) is 6.92 Å². The molecule has 8 nitrogen and oxygen atoms in total. The van der Waals surface area contributed by atoms with E-state index in [1.807, 2.05) is 99.6 Å². The van der Waals surface area contributed by atoms with E-state index in [1.54, 1.807) is 0 Å². The minimum atomic E-state index is -1.61. The summed E-state index contributed by atoms with van der Waals surface area (Å²) in [7, 11) is 0. The third kappa shape index (κ3) is 8.89. The Morgan fingerprint density at radius 3 is 2.27 bits per heavy atom. The predicted octanol–water partition coefficient (Wildman–Crippen LogP) is 5.49. The topological polar surface area (TPSA) is 108 Å². The van der Waals surface area contributed by atoms with Crippen LogP contribution in [0.3, 0.4) is 0 Å². The van der Waals surface area contributed by atoms with Crippen molar-refractivity contribution >= 4 is 29.7 Å². The number of hydrogen-bond acceptors (Lipinski definition) is 6. The van der Waals surface area contributed by atoms with Crippen molar-refractivity contribution < 1.29 is 24.2 Å². The first-order valence-electron chi connectivity index (χ1n) is 15.3. The van der Waals surface area contributed by atoms with Crippen molar-refractivity contribution in [1.82, 2.24) is 15.5 Å². The zero-order chi connectivity index (χ0) is 32.8. The molecule has 9 heteroatoms. The van der Waals surface area contributed by atoms with E-state index in [1.165, 1.54) is 22.2 Å². The zero-order valence-corrected chi connectivity index (χ0v) is 27.8. The Balaban J connectivity index is 1.46. The summed E-state index contributed by atoms with van der Waals surface area (Å²) in [5, 5.41) is 17.2. The molecular formula is C36H45N3O5S. The van der Waals surface area contributed by atoms with E-state index in [-0.39, 0.29) is 30.2 Å². The summed E-state index contributed by atoms with van der Waals surface area (Å²) in [6, 6.07) is 23.2. The number of carbonyl (C=O) groups excluding carboxylic acids is 3. The zero-order valence-electron chi connectivity index (χ0n) is 27.0. The Morgan fingerprint density at radius 2 is 1.62 bits per heavy atom. The Hall–Kier alpha value is -3.82. The van der Waals surface area contributed by atoms with Gasteiger partial charge in [-0.15, -0.1) is 11.8 Å². The monoisotopic (exact) mass is 631 g/mol. The summed E-state index contributed by atoms with van der Waals surface area (Å²) >= 11 is 1.47. The van der Waals surface area contributed by atoms with Gasteiger partial charge in [0.1, 0.15) is 12.6 Å². The van der Waals surface area contributed by atoms with E-state index in [9.17, 15) is 19.5 Å². The fraction of sp³-hybridized carbons (Fsp3) is 0.417. The maximum atomic E-state index is 13.9. The van der Waals surface area contributed by atoms with Gasteiger partial charge in [-0.2, -0.15) is 0 Å². The van der Waals surface area contributed by atoms with Crippen molar-refractivity contribution in [3.63, 3.8) is 0 Å². The highest BCUT2D eigenvalue weighted by molar-refractivity contribution is 8.00. The fourth-order valence-corrected chi connectivity index (χ4v) is 6.54. The number of rotatable bonds is 10. The van der Waals surface area contributed by atoms with Crippen LogP contribution < -0.4 is 10.6 Å². The molecule has 0 radical (unpaired) electrons. The smallest absolute Gasteiger partial charge is 0.407 e. The molecule has 0 aromatic heterocycles. The van der Waals surface area contributed by atoms with E-state index in [0.717, 1.165) is 22.3 Å². The number of nitrogens with one attached hydrogen (secondary N) is 2. The molecule has 3 amide bonds. The average molecular weight is 632 g/mol. The summed E-state index contributed by atoms with van der Waals surface area (Å²) in [6.45, 7) is 12.6. The third-order valence-corrected chi connectivity index (χ3v) is 9.59. The highest BCUT2D eigenvalue weighted by Gasteiger charge is 2.49. The quantitative estimate of drug-likeness (QED) is 0.273. The van der Waals surface area contributed by atoms with Gasteiger partial charge in [-0.25, -0.2) is 4.79 Å². The minimum Gasteiger partial charge on any atom is -0.445 e. The molecule has 45 heavy (non-hydrogen) atoms. The predicted molar refractivity (Wildman–Crippen MR) is 179 cm³/mol. The first kappa shape index (κ1) is 34.1. The maximum absolute atomic E-state index is 13.9. The molecule has 0 aliphatic carbocycles. The van der Waals surface area contributed by atoms with Crippen LogP contribution >= 0.6 is 11.8 Å². The van der Waals surface area contributed by atoms with Crippen molar-refractivity contribution in [2.45, 2.75) is 89.5 Å². The van der Waals surface area contributed by atoms with Gasteiger partial charge < -0.3 is 25.4 Å². The highest BCUT2D eigenvalue weighted by atomic mass is 32.2. The summed E-state index contributed by atoms with van der Waals surface area (Å²) in [5.41, 5.74) is 4.88. The van der Waals surface area contributed by atoms with Crippen LogP contribution in [0.15, 0.2) is 78.9 Å². The summed E-state index contributed by atoms with van der Waals surface area (Å²) in [4.78, 5) is 41.8. The van der Waals surface area contributed by atoms with E-state index in [4.69, 9.17) is 4.74 Å². The normalized spacial score (nSPS) is 17.3. The van der Waals surface area contributed by atoms with Gasteiger partial charge in [0, 0.05) is 11.3 Å². The lowest BCUT2D eigenvalue weighted by Gasteiger charge is -2.33. The lowest BCUT2D eigenvalue weighted by Crippen LogP contribution is -2.58. The van der Waals surface area contributed by atoms with Gasteiger partial charge in [-0.3, -0.25) is 9.59 Å². The molecule has 1 heterocycles. The number of benzene rings is 3. The van der Waals surface area contributed by atoms with Crippen molar-refractivity contribution in [3.8, 4) is 0 Å². The van der Waals surface area contributed by atoms with Crippen molar-refractivity contribution in [3.05, 3.63) is 107 Å². The molecule has 1 saturated heterocycles. The van der Waals surface area contributed by atoms with E-state index < -0.39 is 34.9 Å². The second kappa shape index (κ2) is 14.5. The van der Waals surface area contributed by atoms with Crippen LogP contribution in [-0.2, 0) is 39.3 Å². The van der Waals surface area contributed by atoms with Crippen molar-refractivity contribution in [2.24, 2.45) is 0 Å². The molecule has 240 valence electrons. The van der Waals surface area contributed by atoms with Gasteiger partial charge in [0.2, 0.25) is 5.91 Å². The molecule has 1 aliphatic heterocycles. The van der Waals surface area contributed by atoms with Crippen molar-refractivity contribution in [1.29, 1.82) is 0 Å². The molecule has 3 atom stereocenters. The Morgan fingerprint density at radius 1 is 0.978 bits per heavy atom. The van der Waals surface area contributed by atoms with Gasteiger partial charge in [-0.05, 0) is 60.4 Å². The molecule has 1 fully saturated rings. The molecule has 3 aromatic rings. The van der Waals surface area contributed by atoms with Gasteiger partial charge in [0.25, 0.3) is 5.91 Å². The van der Waals surface area contributed by atoms with Gasteiger partial charge in [-0.1, -0.05) is 99.6 Å². The Labute approximate surface area is 270 Å². The fourth-order valence-electron chi connectivity index (χ4n) is 5.39. The first-order chi connectivity index (χ1) is 21.3. The van der Waals surface area contributed by atoms with Crippen LogP contribution in [0.4, 0.5) is 4.79 Å². The largest absolute Gasteiger partial charge is 0.445 e. The lowest BCUT2D eigenvalue weighted by molar-refractivity contribution is -0.147. The molecule has 0 bridgehead atoms. The number of alkyl carbamates (subject to hydrolysis) is 1. The van der Waals surface area contributed by atoms with E-state index in [2.05, 4.69) is 31.4 Å². The summed E-state index contributed by atoms with van der Waals surface area (Å²) in [5.74, 6) is -0.681. The number of nitrogens with zero attached hydrogens (tertiary/aromatic N) is 1. The SMILES string of the molecule is Cc1ccccc1CNC(=O)[C@H]1N(C(=O)[C@@H](O)[C@H](Cc2ccccc2)NC(=O)OCc2ccc(C(C)(C)C)cc2)CSC1(C)C. The second-order valence-electron chi connectivity index (χ2n) is 13.1. The molecule has 0 saturated carbocycles. The second-order valence-corrected chi connectivity index (χ2v) is 14.7. The van der Waals surface area contributed by atoms with Crippen LogP contribution in [0.5, 0.6) is 0 Å². The first-order valence-corrected chi connectivity index (χ1v) is 16.3. The molecule has 3 N–H and O–H groups in total. The molecule has 1 aliphatic rings. The van der Waals surface area contributed by atoms with Gasteiger partial charge >= 0.3 is 6.09 Å². The van der Waals surface area contributed by atoms with Crippen molar-refractivity contribution in [2.75, 3.05) is 5.88 Å². The molecular weight excluding hydrogens is 586 g/mol. The molecule has 0 spiro atoms. The lowest BCUT2D eigenvalue weighted by atomic mass is 9.87. The number of aliphatic hydroxyl groups is 1. The standard InChI is InChI=1S/C36H45N3O5S/c1-24-12-10-11-15-27(24)21-37-32(41)31-36(5,6)45-23-39(31)33(42)30(40)29(20-25-13-8-7-9-14-25)38-34(43)44-22-26-16-18-28(19-17-26)35(2,3)4/h7-19,29-31,40H,20-23H2,1-6H3,(H,37,41)(H,38,43)/t29-,30-,31+/m0/s1. The average Bonchev–Trinajstić information content (AvgIpc) is 3.33. The summed E-state index contributed by atoms with van der Waals surface area (Å²) in [6.07, 6.45) is -2.16. The van der Waals surface area contributed by atoms with Crippen LogP contribution in [0.1, 0.15) is 62.4 Å². The number of carbonyl (C=O) groups is 3. The van der Waals surface area contributed by atoms with Crippen LogP contribution in [0.25, 0.3) is 0 Å². The van der Waals surface area contributed by atoms with E-state index >= 15 is 0 Å².